The second kappa shape index (κ2) is 5.35. The molecule has 1 aliphatic rings. The summed E-state index contributed by atoms with van der Waals surface area (Å²) in [6.45, 7) is 5.97. The number of hydrogen-bond acceptors (Lipinski definition) is 2. The van der Waals surface area contributed by atoms with Gasteiger partial charge in [0.15, 0.2) is 0 Å². The number of rotatable bonds is 7. The van der Waals surface area contributed by atoms with Gasteiger partial charge in [0.05, 0.1) is 0 Å². The van der Waals surface area contributed by atoms with Crippen molar-refractivity contribution >= 4 is 5.97 Å². The summed E-state index contributed by atoms with van der Waals surface area (Å²) < 4.78 is 0. The van der Waals surface area contributed by atoms with Crippen molar-refractivity contribution in [3.05, 3.63) is 0 Å². The Labute approximate surface area is 86.1 Å². The number of nitrogens with zero attached hydrogens (tertiary/aromatic N) is 1. The number of unbranched alkanes of at least 4 members (excludes halogenated alkanes) is 1. The van der Waals surface area contributed by atoms with E-state index in [0.717, 1.165) is 38.8 Å². The highest BCUT2D eigenvalue weighted by atomic mass is 16.4. The van der Waals surface area contributed by atoms with Crippen LogP contribution >= 0.6 is 0 Å². The monoisotopic (exact) mass is 199 g/mol. The minimum atomic E-state index is -0.634. The Morgan fingerprint density at radius 3 is 2.50 bits per heavy atom. The molecule has 0 aromatic rings. The molecule has 1 fully saturated rings. The number of likely N-dealkylation sites (N-methyl/N-ethyl adjacent to an activating group) is 1. The quantitative estimate of drug-likeness (QED) is 0.681. The van der Waals surface area contributed by atoms with Gasteiger partial charge in [-0.05, 0) is 38.3 Å². The van der Waals surface area contributed by atoms with Crippen molar-refractivity contribution < 1.29 is 9.90 Å². The van der Waals surface area contributed by atoms with Gasteiger partial charge >= 0.3 is 5.97 Å². The van der Waals surface area contributed by atoms with Crippen LogP contribution in [0.5, 0.6) is 0 Å². The summed E-state index contributed by atoms with van der Waals surface area (Å²) in [4.78, 5) is 13.2. The number of hydrogen-bond donors (Lipinski definition) is 1. The molecule has 1 rings (SSSR count). The molecule has 0 amide bonds. The molecular weight excluding hydrogens is 178 g/mol. The number of carboxylic acids is 1. The summed E-state index contributed by atoms with van der Waals surface area (Å²) in [5, 5.41) is 9.14. The second-order valence-electron chi connectivity index (χ2n) is 4.10. The number of carboxylic acid groups (broad SMARTS) is 1. The Balaban J connectivity index is 2.48. The first kappa shape index (κ1) is 11.5. The van der Waals surface area contributed by atoms with Gasteiger partial charge in [0.2, 0.25) is 0 Å². The van der Waals surface area contributed by atoms with Gasteiger partial charge in [0.25, 0.3) is 0 Å². The van der Waals surface area contributed by atoms with Crippen LogP contribution < -0.4 is 0 Å². The maximum absolute atomic E-state index is 11.1. The molecule has 0 saturated heterocycles. The first-order valence-corrected chi connectivity index (χ1v) is 5.67. The van der Waals surface area contributed by atoms with Gasteiger partial charge in [-0.3, -0.25) is 9.69 Å². The Bertz CT molecular complexity index is 190. The van der Waals surface area contributed by atoms with E-state index in [1.165, 1.54) is 0 Å². The molecule has 1 unspecified atom stereocenters. The Kier molecular flexibility index (Phi) is 4.39. The molecule has 1 saturated carbocycles. The van der Waals surface area contributed by atoms with Gasteiger partial charge in [0, 0.05) is 0 Å². The van der Waals surface area contributed by atoms with Gasteiger partial charge in [-0.15, -0.1) is 0 Å². The van der Waals surface area contributed by atoms with E-state index in [2.05, 4.69) is 11.8 Å². The maximum Gasteiger partial charge on any atom is 0.321 e. The Morgan fingerprint density at radius 1 is 1.50 bits per heavy atom. The zero-order valence-electron chi connectivity index (χ0n) is 9.20. The van der Waals surface area contributed by atoms with E-state index in [9.17, 15) is 4.79 Å². The predicted molar refractivity (Wildman–Crippen MR) is 56.3 cm³/mol. The van der Waals surface area contributed by atoms with Crippen molar-refractivity contribution in [3.63, 3.8) is 0 Å². The second-order valence-corrected chi connectivity index (χ2v) is 4.10. The predicted octanol–water partition coefficient (Wildman–Crippen LogP) is 1.97. The molecule has 1 N–H and O–H groups in total. The van der Waals surface area contributed by atoms with Crippen LogP contribution in [0.2, 0.25) is 0 Å². The molecule has 0 aromatic heterocycles. The maximum atomic E-state index is 11.1. The van der Waals surface area contributed by atoms with Crippen molar-refractivity contribution in [1.82, 2.24) is 4.90 Å². The third-order valence-corrected chi connectivity index (χ3v) is 2.92. The summed E-state index contributed by atoms with van der Waals surface area (Å²) in [6.07, 6.45) is 4.43. The minimum Gasteiger partial charge on any atom is -0.480 e. The average molecular weight is 199 g/mol. The zero-order valence-corrected chi connectivity index (χ0v) is 9.20. The summed E-state index contributed by atoms with van der Waals surface area (Å²) >= 11 is 0. The van der Waals surface area contributed by atoms with E-state index >= 15 is 0 Å². The van der Waals surface area contributed by atoms with Crippen LogP contribution in [0, 0.1) is 5.92 Å². The Morgan fingerprint density at radius 2 is 2.14 bits per heavy atom. The van der Waals surface area contributed by atoms with Crippen LogP contribution in [0.3, 0.4) is 0 Å². The van der Waals surface area contributed by atoms with E-state index < -0.39 is 5.97 Å². The van der Waals surface area contributed by atoms with Crippen LogP contribution in [0.15, 0.2) is 0 Å². The van der Waals surface area contributed by atoms with Gasteiger partial charge < -0.3 is 5.11 Å². The fraction of sp³-hybridized carbons (Fsp3) is 0.909. The molecule has 0 heterocycles. The summed E-state index contributed by atoms with van der Waals surface area (Å²) in [5.74, 6) is -0.213. The molecule has 0 bridgehead atoms. The molecule has 1 atom stereocenters. The van der Waals surface area contributed by atoms with Gasteiger partial charge in [-0.25, -0.2) is 0 Å². The SMILES string of the molecule is CCCCN(CC)C(C(=O)O)C1CC1. The molecule has 0 radical (unpaired) electrons. The number of aliphatic carboxylic acids is 1. The topological polar surface area (TPSA) is 40.5 Å². The van der Waals surface area contributed by atoms with Crippen LogP contribution in [0.4, 0.5) is 0 Å². The largest absolute Gasteiger partial charge is 0.480 e. The highest BCUT2D eigenvalue weighted by Gasteiger charge is 2.39. The van der Waals surface area contributed by atoms with Gasteiger partial charge in [-0.1, -0.05) is 20.3 Å². The van der Waals surface area contributed by atoms with E-state index in [0.29, 0.717) is 5.92 Å². The van der Waals surface area contributed by atoms with Gasteiger partial charge in [-0.2, -0.15) is 0 Å². The number of carbonyl (C=O) groups is 1. The lowest BCUT2D eigenvalue weighted by Crippen LogP contribution is -2.43. The highest BCUT2D eigenvalue weighted by Crippen LogP contribution is 2.35. The van der Waals surface area contributed by atoms with Crippen LogP contribution in [-0.2, 0) is 4.79 Å². The fourth-order valence-corrected chi connectivity index (χ4v) is 1.92. The summed E-state index contributed by atoms with van der Waals surface area (Å²) in [6, 6.07) is -0.216. The average Bonchev–Trinajstić information content (AvgIpc) is 2.94. The zero-order chi connectivity index (χ0) is 10.6. The lowest BCUT2D eigenvalue weighted by atomic mass is 10.1. The fourth-order valence-electron chi connectivity index (χ4n) is 1.92. The van der Waals surface area contributed by atoms with Crippen LogP contribution in [0.25, 0.3) is 0 Å². The van der Waals surface area contributed by atoms with Gasteiger partial charge in [0.1, 0.15) is 6.04 Å². The molecule has 0 aromatic carbocycles. The third kappa shape index (κ3) is 2.98. The van der Waals surface area contributed by atoms with Crippen molar-refractivity contribution in [2.45, 2.75) is 45.6 Å². The Hall–Kier alpha value is -0.570. The van der Waals surface area contributed by atoms with Crippen molar-refractivity contribution in [1.29, 1.82) is 0 Å². The smallest absolute Gasteiger partial charge is 0.321 e. The standard InChI is InChI=1S/C11H21NO2/c1-3-5-8-12(4-2)10(11(13)14)9-6-7-9/h9-10H,3-8H2,1-2H3,(H,13,14). The van der Waals surface area contributed by atoms with E-state index in [-0.39, 0.29) is 6.04 Å². The molecular formula is C11H21NO2. The molecule has 14 heavy (non-hydrogen) atoms. The summed E-state index contributed by atoms with van der Waals surface area (Å²) in [5.41, 5.74) is 0. The van der Waals surface area contributed by atoms with E-state index in [4.69, 9.17) is 5.11 Å². The first-order chi connectivity index (χ1) is 6.70. The summed E-state index contributed by atoms with van der Waals surface area (Å²) in [7, 11) is 0. The van der Waals surface area contributed by atoms with Crippen molar-refractivity contribution in [2.75, 3.05) is 13.1 Å². The lowest BCUT2D eigenvalue weighted by Gasteiger charge is -2.27. The normalized spacial score (nSPS) is 18.5. The first-order valence-electron chi connectivity index (χ1n) is 5.67. The lowest BCUT2D eigenvalue weighted by molar-refractivity contribution is -0.144. The highest BCUT2D eigenvalue weighted by molar-refractivity contribution is 5.74. The van der Waals surface area contributed by atoms with E-state index in [1.807, 2.05) is 6.92 Å². The molecule has 0 spiro atoms. The molecule has 1 aliphatic carbocycles. The molecule has 3 heteroatoms. The third-order valence-electron chi connectivity index (χ3n) is 2.92. The van der Waals surface area contributed by atoms with Crippen LogP contribution in [-0.4, -0.2) is 35.1 Å². The molecule has 0 aliphatic heterocycles. The van der Waals surface area contributed by atoms with E-state index in [1.54, 1.807) is 0 Å². The molecule has 82 valence electrons. The molecule has 3 nitrogen and oxygen atoms in total. The van der Waals surface area contributed by atoms with Crippen molar-refractivity contribution in [3.8, 4) is 0 Å². The minimum absolute atomic E-state index is 0.216. The van der Waals surface area contributed by atoms with Crippen LogP contribution in [0.1, 0.15) is 39.5 Å². The van der Waals surface area contributed by atoms with Crippen molar-refractivity contribution in [2.24, 2.45) is 5.92 Å².